The van der Waals surface area contributed by atoms with E-state index in [1.807, 2.05) is 6.07 Å². The second-order valence-corrected chi connectivity index (χ2v) is 5.52. The molecule has 102 valence electrons. The summed E-state index contributed by atoms with van der Waals surface area (Å²) in [6, 6.07) is 3.46. The Morgan fingerprint density at radius 1 is 1.37 bits per heavy atom. The Hall–Kier alpha value is -1.28. The summed E-state index contributed by atoms with van der Waals surface area (Å²) < 4.78 is 0. The number of ketones is 1. The molecule has 0 saturated heterocycles. The highest BCUT2D eigenvalue weighted by Gasteiger charge is 2.32. The maximum absolute atomic E-state index is 11.4. The molecule has 0 spiro atoms. The van der Waals surface area contributed by atoms with Gasteiger partial charge in [-0.15, -0.1) is 0 Å². The van der Waals surface area contributed by atoms with E-state index >= 15 is 0 Å². The standard InChI is InChI=1S/C13H11ClO2.C3H8/c14-13-11-5-7-1-2-8(15)6-10(7)9(11)3-4-12(13)16;1-3-2/h3-4,6-7,16H,1-2,5H2;3H2,1-2H3. The number of carbonyl (C=O) groups is 1. The van der Waals surface area contributed by atoms with Crippen LogP contribution in [0.1, 0.15) is 44.2 Å². The molecule has 3 rings (SSSR count). The first-order chi connectivity index (χ1) is 9.08. The van der Waals surface area contributed by atoms with E-state index in [4.69, 9.17) is 11.6 Å². The highest BCUT2D eigenvalue weighted by atomic mass is 35.5. The second-order valence-electron chi connectivity index (χ2n) is 5.14. The fourth-order valence-electron chi connectivity index (χ4n) is 2.67. The lowest BCUT2D eigenvalue weighted by atomic mass is 9.88. The normalized spacial score (nSPS) is 20.1. The van der Waals surface area contributed by atoms with Crippen LogP contribution in [0.4, 0.5) is 0 Å². The van der Waals surface area contributed by atoms with Crippen molar-refractivity contribution in [1.82, 2.24) is 0 Å². The van der Waals surface area contributed by atoms with E-state index in [0.29, 0.717) is 17.4 Å². The van der Waals surface area contributed by atoms with Gasteiger partial charge in [-0.2, -0.15) is 0 Å². The number of carbonyl (C=O) groups excluding carboxylic acids is 1. The number of aromatic hydroxyl groups is 1. The number of phenolic OH excluding ortho intramolecular Hbond substituents is 1. The number of hydrogen-bond donors (Lipinski definition) is 1. The minimum atomic E-state index is 0.131. The molecular formula is C16H19ClO2. The third kappa shape index (κ3) is 2.69. The molecule has 0 saturated carbocycles. The Bertz CT molecular complexity index is 532. The van der Waals surface area contributed by atoms with Crippen LogP contribution in [-0.2, 0) is 11.2 Å². The zero-order valence-electron chi connectivity index (χ0n) is 11.4. The number of phenols is 1. The van der Waals surface area contributed by atoms with E-state index in [2.05, 4.69) is 13.8 Å². The summed E-state index contributed by atoms with van der Waals surface area (Å²) in [7, 11) is 0. The lowest BCUT2D eigenvalue weighted by Crippen LogP contribution is -2.09. The molecule has 1 aromatic carbocycles. The number of allylic oxidation sites excluding steroid dienone is 2. The average molecular weight is 279 g/mol. The predicted octanol–water partition coefficient (Wildman–Crippen LogP) is 4.38. The molecule has 1 aromatic rings. The molecule has 0 amide bonds. The van der Waals surface area contributed by atoms with Gasteiger partial charge in [-0.3, -0.25) is 4.79 Å². The Morgan fingerprint density at radius 2 is 2.05 bits per heavy atom. The van der Waals surface area contributed by atoms with E-state index in [-0.39, 0.29) is 11.5 Å². The quantitative estimate of drug-likeness (QED) is 0.765. The van der Waals surface area contributed by atoms with Crippen molar-refractivity contribution in [3.8, 4) is 5.75 Å². The van der Waals surface area contributed by atoms with Gasteiger partial charge in [0.05, 0.1) is 5.02 Å². The SMILES string of the molecule is CCC.O=C1C=C2c3ccc(O)c(Cl)c3CC2CC1. The van der Waals surface area contributed by atoms with Gasteiger partial charge >= 0.3 is 0 Å². The van der Waals surface area contributed by atoms with Gasteiger partial charge in [0.25, 0.3) is 0 Å². The first-order valence-electron chi connectivity index (χ1n) is 6.83. The summed E-state index contributed by atoms with van der Waals surface area (Å²) in [6.45, 7) is 4.25. The average Bonchev–Trinajstić information content (AvgIpc) is 2.74. The van der Waals surface area contributed by atoms with Gasteiger partial charge < -0.3 is 5.11 Å². The van der Waals surface area contributed by atoms with Crippen molar-refractivity contribution >= 4 is 23.0 Å². The molecule has 2 nitrogen and oxygen atoms in total. The Kier molecular flexibility index (Phi) is 4.31. The highest BCUT2D eigenvalue weighted by molar-refractivity contribution is 6.33. The molecule has 1 N–H and O–H groups in total. The van der Waals surface area contributed by atoms with Gasteiger partial charge in [0, 0.05) is 6.42 Å². The van der Waals surface area contributed by atoms with Crippen LogP contribution in [0.15, 0.2) is 18.2 Å². The first-order valence-corrected chi connectivity index (χ1v) is 7.21. The maximum Gasteiger partial charge on any atom is 0.156 e. The van der Waals surface area contributed by atoms with E-state index < -0.39 is 0 Å². The highest BCUT2D eigenvalue weighted by Crippen LogP contribution is 2.46. The Balaban J connectivity index is 0.000000408. The van der Waals surface area contributed by atoms with Crippen molar-refractivity contribution in [2.45, 2.75) is 39.5 Å². The number of rotatable bonds is 0. The van der Waals surface area contributed by atoms with Crippen molar-refractivity contribution in [1.29, 1.82) is 0 Å². The molecule has 3 heteroatoms. The van der Waals surface area contributed by atoms with Crippen molar-refractivity contribution in [2.24, 2.45) is 5.92 Å². The Labute approximate surface area is 119 Å². The van der Waals surface area contributed by atoms with Crippen LogP contribution in [-0.4, -0.2) is 10.9 Å². The van der Waals surface area contributed by atoms with Crippen LogP contribution >= 0.6 is 11.6 Å². The minimum absolute atomic E-state index is 0.131. The third-order valence-corrected chi connectivity index (χ3v) is 3.90. The maximum atomic E-state index is 11.4. The molecule has 1 atom stereocenters. The molecule has 2 aliphatic rings. The zero-order chi connectivity index (χ0) is 14.0. The fraction of sp³-hybridized carbons (Fsp3) is 0.438. The summed E-state index contributed by atoms with van der Waals surface area (Å²) in [6.07, 6.45) is 5.37. The summed E-state index contributed by atoms with van der Waals surface area (Å²) in [5, 5.41) is 10.00. The second kappa shape index (κ2) is 5.79. The van der Waals surface area contributed by atoms with Crippen LogP contribution in [0.25, 0.3) is 5.57 Å². The largest absolute Gasteiger partial charge is 0.506 e. The van der Waals surface area contributed by atoms with Gasteiger partial charge in [-0.25, -0.2) is 0 Å². The van der Waals surface area contributed by atoms with Crippen molar-refractivity contribution < 1.29 is 9.90 Å². The van der Waals surface area contributed by atoms with Gasteiger partial charge in [0.1, 0.15) is 5.75 Å². The zero-order valence-corrected chi connectivity index (χ0v) is 12.1. The van der Waals surface area contributed by atoms with E-state index in [1.165, 1.54) is 6.42 Å². The molecule has 2 aliphatic carbocycles. The van der Waals surface area contributed by atoms with Gasteiger partial charge in [-0.05, 0) is 47.6 Å². The van der Waals surface area contributed by atoms with Crippen LogP contribution in [0.2, 0.25) is 5.02 Å². The van der Waals surface area contributed by atoms with Crippen molar-refractivity contribution in [3.05, 3.63) is 34.4 Å². The molecule has 1 unspecified atom stereocenters. The molecule has 0 radical (unpaired) electrons. The Morgan fingerprint density at radius 3 is 2.74 bits per heavy atom. The van der Waals surface area contributed by atoms with Crippen LogP contribution in [0, 0.1) is 5.92 Å². The molecular weight excluding hydrogens is 260 g/mol. The molecule has 0 bridgehead atoms. The summed E-state index contributed by atoms with van der Waals surface area (Å²) in [5.74, 6) is 0.737. The van der Waals surface area contributed by atoms with Crippen LogP contribution < -0.4 is 0 Å². The predicted molar refractivity (Wildman–Crippen MR) is 78.5 cm³/mol. The van der Waals surface area contributed by atoms with Crippen LogP contribution in [0.3, 0.4) is 0 Å². The van der Waals surface area contributed by atoms with Gasteiger partial charge in [-0.1, -0.05) is 37.9 Å². The van der Waals surface area contributed by atoms with E-state index in [1.54, 1.807) is 12.1 Å². The van der Waals surface area contributed by atoms with Crippen molar-refractivity contribution in [3.63, 3.8) is 0 Å². The monoisotopic (exact) mass is 278 g/mol. The summed E-state index contributed by atoms with van der Waals surface area (Å²) in [5.41, 5.74) is 3.14. The van der Waals surface area contributed by atoms with E-state index in [0.717, 1.165) is 29.5 Å². The molecule has 0 aromatic heterocycles. The summed E-state index contributed by atoms with van der Waals surface area (Å²) >= 11 is 6.08. The molecule has 0 heterocycles. The molecule has 19 heavy (non-hydrogen) atoms. The third-order valence-electron chi connectivity index (χ3n) is 3.48. The molecule has 0 fully saturated rings. The van der Waals surface area contributed by atoms with Crippen LogP contribution in [0.5, 0.6) is 5.75 Å². The van der Waals surface area contributed by atoms with Gasteiger partial charge in [0.15, 0.2) is 5.78 Å². The fourth-order valence-corrected chi connectivity index (χ4v) is 2.91. The number of hydrogen-bond acceptors (Lipinski definition) is 2. The first kappa shape index (κ1) is 14.1. The topological polar surface area (TPSA) is 37.3 Å². The minimum Gasteiger partial charge on any atom is -0.506 e. The molecule has 0 aliphatic heterocycles. The van der Waals surface area contributed by atoms with Gasteiger partial charge in [0.2, 0.25) is 0 Å². The number of benzene rings is 1. The lowest BCUT2D eigenvalue weighted by Gasteiger charge is -2.15. The lowest BCUT2D eigenvalue weighted by molar-refractivity contribution is -0.115. The summed E-state index contributed by atoms with van der Waals surface area (Å²) in [4.78, 5) is 11.4. The van der Waals surface area contributed by atoms with Crippen molar-refractivity contribution in [2.75, 3.05) is 0 Å². The number of fused-ring (bicyclic) bond motifs is 3. The number of halogens is 1. The van der Waals surface area contributed by atoms with E-state index in [9.17, 15) is 9.90 Å². The smallest absolute Gasteiger partial charge is 0.156 e.